The van der Waals surface area contributed by atoms with Crippen molar-refractivity contribution in [3.63, 3.8) is 0 Å². The number of aliphatic hydroxyl groups is 6. The Morgan fingerprint density at radius 3 is 2.04 bits per heavy atom. The minimum Gasteiger partial charge on any atom is -0.394 e. The molecule has 10 atom stereocenters. The van der Waals surface area contributed by atoms with Crippen molar-refractivity contribution in [3.05, 3.63) is 0 Å². The van der Waals surface area contributed by atoms with E-state index in [9.17, 15) is 25.5 Å². The highest BCUT2D eigenvalue weighted by molar-refractivity contribution is 4.96. The molecule has 0 amide bonds. The zero-order valence-corrected chi connectivity index (χ0v) is 12.7. The topological polar surface area (TPSA) is 175 Å². The molecule has 4 unspecified atom stereocenters. The summed E-state index contributed by atoms with van der Waals surface area (Å²) in [5, 5.41) is 58.2. The van der Waals surface area contributed by atoms with Crippen LogP contribution in [0.3, 0.4) is 0 Å². The molecule has 136 valence electrons. The summed E-state index contributed by atoms with van der Waals surface area (Å²) < 4.78 is 16.1. The second-order valence-corrected chi connectivity index (χ2v) is 5.93. The van der Waals surface area contributed by atoms with Crippen LogP contribution in [-0.2, 0) is 14.2 Å². The van der Waals surface area contributed by atoms with E-state index in [1.165, 1.54) is 0 Å². The predicted molar refractivity (Wildman–Crippen MR) is 74.0 cm³/mol. The zero-order chi connectivity index (χ0) is 17.3. The van der Waals surface area contributed by atoms with Gasteiger partial charge < -0.3 is 50.6 Å². The van der Waals surface area contributed by atoms with E-state index >= 15 is 0 Å². The van der Waals surface area contributed by atoms with Crippen molar-refractivity contribution in [1.29, 1.82) is 0 Å². The number of hydrogen-bond donors (Lipinski definition) is 7. The van der Waals surface area contributed by atoms with E-state index < -0.39 is 74.4 Å². The van der Waals surface area contributed by atoms with Crippen molar-refractivity contribution >= 4 is 0 Å². The van der Waals surface area contributed by atoms with Crippen LogP contribution in [0.2, 0.25) is 0 Å². The lowest BCUT2D eigenvalue weighted by Crippen LogP contribution is -2.65. The minimum atomic E-state index is -1.62. The van der Waals surface area contributed by atoms with Crippen molar-refractivity contribution in [2.45, 2.75) is 68.1 Å². The van der Waals surface area contributed by atoms with Crippen molar-refractivity contribution < 1.29 is 44.8 Å². The Bertz CT molecular complexity index is 382. The lowest BCUT2D eigenvalue weighted by molar-refractivity contribution is -0.335. The molecule has 0 aromatic rings. The molecular weight excluding hydrogens is 314 g/mol. The number of aliphatic hydroxyl groups excluding tert-OH is 6. The highest BCUT2D eigenvalue weighted by Gasteiger charge is 2.49. The standard InChI is InChI=1S/C13H25NO9/c1-4-7(14)9(18)12(6(3-16)21-4)23-13-11(20)10(19)8(17)5(2-15)22-13/h4-13,15-20H,2-3,14H2,1H3/t4-,5?,6?,7+,8+,9?,10?,11+,12+,13-/m0/s1. The van der Waals surface area contributed by atoms with Gasteiger partial charge in [-0.3, -0.25) is 0 Å². The quantitative estimate of drug-likeness (QED) is 0.265. The Labute approximate surface area is 133 Å². The van der Waals surface area contributed by atoms with Gasteiger partial charge in [-0.15, -0.1) is 0 Å². The van der Waals surface area contributed by atoms with Crippen LogP contribution in [0.1, 0.15) is 6.92 Å². The van der Waals surface area contributed by atoms with E-state index in [0.717, 1.165) is 0 Å². The first kappa shape index (κ1) is 18.9. The van der Waals surface area contributed by atoms with Gasteiger partial charge in [-0.05, 0) is 6.92 Å². The number of rotatable bonds is 4. The molecule has 0 saturated carbocycles. The highest BCUT2D eigenvalue weighted by Crippen LogP contribution is 2.28. The summed E-state index contributed by atoms with van der Waals surface area (Å²) >= 11 is 0. The third-order valence-corrected chi connectivity index (χ3v) is 4.35. The lowest BCUT2D eigenvalue weighted by Gasteiger charge is -2.46. The predicted octanol–water partition coefficient (Wildman–Crippen LogP) is -4.36. The Kier molecular flexibility index (Phi) is 6.30. The molecule has 23 heavy (non-hydrogen) atoms. The van der Waals surface area contributed by atoms with Crippen LogP contribution in [-0.4, -0.2) is 105 Å². The maximum Gasteiger partial charge on any atom is 0.187 e. The third kappa shape index (κ3) is 3.66. The van der Waals surface area contributed by atoms with Gasteiger partial charge in [-0.2, -0.15) is 0 Å². The fraction of sp³-hybridized carbons (Fsp3) is 1.00. The van der Waals surface area contributed by atoms with Crippen molar-refractivity contribution in [3.8, 4) is 0 Å². The molecule has 2 heterocycles. The summed E-state index contributed by atoms with van der Waals surface area (Å²) in [6.45, 7) is 0.575. The molecule has 2 aliphatic rings. The first-order valence-corrected chi connectivity index (χ1v) is 7.47. The van der Waals surface area contributed by atoms with E-state index in [1.807, 2.05) is 0 Å². The molecule has 10 nitrogen and oxygen atoms in total. The second-order valence-electron chi connectivity index (χ2n) is 5.93. The molecule has 2 rings (SSSR count). The van der Waals surface area contributed by atoms with Crippen molar-refractivity contribution in [2.24, 2.45) is 5.73 Å². The first-order chi connectivity index (χ1) is 10.8. The zero-order valence-electron chi connectivity index (χ0n) is 12.7. The molecule has 8 N–H and O–H groups in total. The van der Waals surface area contributed by atoms with E-state index in [-0.39, 0.29) is 0 Å². The van der Waals surface area contributed by atoms with E-state index in [1.54, 1.807) is 6.92 Å². The molecule has 0 aromatic carbocycles. The Morgan fingerprint density at radius 2 is 1.48 bits per heavy atom. The second kappa shape index (κ2) is 7.66. The van der Waals surface area contributed by atoms with Gasteiger partial charge in [0.15, 0.2) is 6.29 Å². The maximum absolute atomic E-state index is 10.2. The van der Waals surface area contributed by atoms with Crippen LogP contribution >= 0.6 is 0 Å². The first-order valence-electron chi connectivity index (χ1n) is 7.47. The van der Waals surface area contributed by atoms with Crippen molar-refractivity contribution in [2.75, 3.05) is 13.2 Å². The Balaban J connectivity index is 2.11. The third-order valence-electron chi connectivity index (χ3n) is 4.35. The van der Waals surface area contributed by atoms with E-state index in [4.69, 9.17) is 25.1 Å². The van der Waals surface area contributed by atoms with Gasteiger partial charge >= 0.3 is 0 Å². The molecule has 0 spiro atoms. The maximum atomic E-state index is 10.2. The Hall–Kier alpha value is -0.400. The van der Waals surface area contributed by atoms with E-state index in [0.29, 0.717) is 0 Å². The number of nitrogens with two attached hydrogens (primary N) is 1. The largest absolute Gasteiger partial charge is 0.394 e. The summed E-state index contributed by atoms with van der Waals surface area (Å²) in [5.41, 5.74) is 5.80. The summed E-state index contributed by atoms with van der Waals surface area (Å²) in [7, 11) is 0. The van der Waals surface area contributed by atoms with Gasteiger partial charge in [-0.25, -0.2) is 0 Å². The molecule has 2 saturated heterocycles. The van der Waals surface area contributed by atoms with Gasteiger partial charge in [0.05, 0.1) is 25.4 Å². The summed E-state index contributed by atoms with van der Waals surface area (Å²) in [6.07, 6.45) is -11.1. The average Bonchev–Trinajstić information content (AvgIpc) is 2.55. The Morgan fingerprint density at radius 1 is 0.870 bits per heavy atom. The van der Waals surface area contributed by atoms with Crippen LogP contribution in [0.25, 0.3) is 0 Å². The fourth-order valence-corrected chi connectivity index (χ4v) is 2.81. The number of hydrogen-bond acceptors (Lipinski definition) is 10. The van der Waals surface area contributed by atoms with Crippen LogP contribution in [0.4, 0.5) is 0 Å². The average molecular weight is 339 g/mol. The van der Waals surface area contributed by atoms with Gasteiger partial charge in [0, 0.05) is 0 Å². The van der Waals surface area contributed by atoms with Crippen LogP contribution in [0, 0.1) is 0 Å². The molecule has 0 aromatic heterocycles. The summed E-state index contributed by atoms with van der Waals surface area (Å²) in [6, 6.07) is -0.785. The van der Waals surface area contributed by atoms with Crippen LogP contribution in [0.15, 0.2) is 0 Å². The minimum absolute atomic E-state index is 0.462. The molecule has 0 radical (unpaired) electrons. The van der Waals surface area contributed by atoms with Crippen molar-refractivity contribution in [1.82, 2.24) is 0 Å². The summed E-state index contributed by atoms with van der Waals surface area (Å²) in [5.74, 6) is 0. The van der Waals surface area contributed by atoms with Crippen LogP contribution < -0.4 is 5.73 Å². The molecular formula is C13H25NO9. The molecule has 0 aliphatic carbocycles. The summed E-state index contributed by atoms with van der Waals surface area (Å²) in [4.78, 5) is 0. The SMILES string of the molecule is C[C@@H]1OC(CO)[C@@H](O[C@@H]2OC(CO)[C@@H](O)C(O)[C@H]2O)C(O)[C@@H]1N. The monoisotopic (exact) mass is 339 g/mol. The molecule has 2 aliphatic heterocycles. The van der Waals surface area contributed by atoms with Gasteiger partial charge in [0.1, 0.15) is 42.7 Å². The van der Waals surface area contributed by atoms with E-state index in [2.05, 4.69) is 0 Å². The molecule has 0 bridgehead atoms. The normalized spacial score (nSPS) is 51.7. The van der Waals surface area contributed by atoms with Gasteiger partial charge in [-0.1, -0.05) is 0 Å². The smallest absolute Gasteiger partial charge is 0.187 e. The highest BCUT2D eigenvalue weighted by atomic mass is 16.7. The fourth-order valence-electron chi connectivity index (χ4n) is 2.81. The van der Waals surface area contributed by atoms with Crippen LogP contribution in [0.5, 0.6) is 0 Å². The molecule has 10 heteroatoms. The number of ether oxygens (including phenoxy) is 3. The van der Waals surface area contributed by atoms with Gasteiger partial charge in [0.2, 0.25) is 0 Å². The lowest BCUT2D eigenvalue weighted by atomic mass is 9.93. The molecule has 2 fully saturated rings. The van der Waals surface area contributed by atoms with Gasteiger partial charge in [0.25, 0.3) is 0 Å².